The highest BCUT2D eigenvalue weighted by Crippen LogP contribution is 2.31. The number of rotatable bonds is 7. The van der Waals surface area contributed by atoms with E-state index in [0.717, 1.165) is 55.5 Å². The molecule has 2 aliphatic heterocycles. The Bertz CT molecular complexity index is 1520. The van der Waals surface area contributed by atoms with Crippen molar-refractivity contribution in [1.29, 1.82) is 0 Å². The van der Waals surface area contributed by atoms with Crippen LogP contribution in [0.25, 0.3) is 27.4 Å². The van der Waals surface area contributed by atoms with Gasteiger partial charge in [-0.25, -0.2) is 0 Å². The highest BCUT2D eigenvalue weighted by atomic mass is 35.5. The molecule has 0 spiro atoms. The predicted molar refractivity (Wildman–Crippen MR) is 160 cm³/mol. The van der Waals surface area contributed by atoms with Crippen molar-refractivity contribution in [3.63, 3.8) is 0 Å². The Balaban J connectivity index is 0.00000176. The molecule has 4 heterocycles. The van der Waals surface area contributed by atoms with Crippen LogP contribution in [0.1, 0.15) is 19.3 Å². The number of pyridine rings is 1. The van der Waals surface area contributed by atoms with Gasteiger partial charge in [-0.2, -0.15) is 9.97 Å². The van der Waals surface area contributed by atoms with E-state index in [2.05, 4.69) is 20.1 Å². The second kappa shape index (κ2) is 12.0. The number of aromatic hydroxyl groups is 1. The average Bonchev–Trinajstić information content (AvgIpc) is 3.23. The Morgan fingerprint density at radius 3 is 2.54 bits per heavy atom. The van der Waals surface area contributed by atoms with Gasteiger partial charge in [0.1, 0.15) is 17.1 Å². The number of benzene rings is 2. The zero-order valence-electron chi connectivity index (χ0n) is 22.0. The first-order valence-corrected chi connectivity index (χ1v) is 12.9. The summed E-state index contributed by atoms with van der Waals surface area (Å²) >= 11 is 0. The Labute approximate surface area is 239 Å². The van der Waals surface area contributed by atoms with Gasteiger partial charge >= 0.3 is 6.01 Å². The Kier molecular flexibility index (Phi) is 8.86. The van der Waals surface area contributed by atoms with Crippen LogP contribution >= 0.6 is 24.8 Å². The highest BCUT2D eigenvalue weighted by molar-refractivity contribution is 5.93. The van der Waals surface area contributed by atoms with Crippen molar-refractivity contribution in [2.75, 3.05) is 45.2 Å². The molecule has 2 N–H and O–H groups in total. The van der Waals surface area contributed by atoms with E-state index >= 15 is 0 Å². The molecule has 2 atom stereocenters. The van der Waals surface area contributed by atoms with Crippen molar-refractivity contribution < 1.29 is 9.84 Å². The van der Waals surface area contributed by atoms with Crippen LogP contribution in [0.5, 0.6) is 11.8 Å². The predicted octanol–water partition coefficient (Wildman–Crippen LogP) is 3.75. The van der Waals surface area contributed by atoms with Crippen LogP contribution in [-0.2, 0) is 0 Å². The molecule has 2 saturated heterocycles. The van der Waals surface area contributed by atoms with Crippen LogP contribution < -0.4 is 20.5 Å². The van der Waals surface area contributed by atoms with Gasteiger partial charge in [0.05, 0.1) is 17.7 Å². The quantitative estimate of drug-likeness (QED) is 0.323. The minimum atomic E-state index is -0.270. The van der Waals surface area contributed by atoms with Crippen molar-refractivity contribution >= 4 is 52.3 Å². The molecule has 0 radical (unpaired) electrons. The van der Waals surface area contributed by atoms with Gasteiger partial charge in [-0.05, 0) is 50.9 Å². The Morgan fingerprint density at radius 2 is 1.79 bits per heavy atom. The average molecular weight is 574 g/mol. The lowest BCUT2D eigenvalue weighted by molar-refractivity contribution is 0.264. The third kappa shape index (κ3) is 5.77. The summed E-state index contributed by atoms with van der Waals surface area (Å²) in [7, 11) is 4.05. The number of piperazine rings is 1. The maximum atomic E-state index is 13.9. The highest BCUT2D eigenvalue weighted by Gasteiger charge is 2.34. The van der Waals surface area contributed by atoms with Gasteiger partial charge in [0.2, 0.25) is 0 Å². The van der Waals surface area contributed by atoms with E-state index in [4.69, 9.17) is 9.72 Å². The van der Waals surface area contributed by atoms with Crippen LogP contribution in [0.15, 0.2) is 53.5 Å². The first kappa shape index (κ1) is 28.9. The fourth-order valence-corrected chi connectivity index (χ4v) is 5.57. The molecule has 4 aromatic rings. The molecule has 2 aromatic carbocycles. The Hall–Kier alpha value is -3.11. The standard InChI is InChI=1S/C28H32N6O3.2ClH/c1-32(2)11-5-13-37-28-30-25-23(26(31-28)33-16-19-8-9-20(17-33)29-19)10-12-34(27(25)36)24-15-21(35)14-18-6-3-4-7-22(18)24;;/h3-4,6-7,10,12,14-15,19-20,29,35H,5,8-9,11,13,16-17H2,1-2H3;2*1H/t19-,20+;;. The van der Waals surface area contributed by atoms with Crippen molar-refractivity contribution in [2.24, 2.45) is 0 Å². The van der Waals surface area contributed by atoms with Crippen LogP contribution in [-0.4, -0.2) is 77.0 Å². The number of hydrogen-bond acceptors (Lipinski definition) is 8. The fourth-order valence-electron chi connectivity index (χ4n) is 5.57. The number of nitrogens with zero attached hydrogens (tertiary/aromatic N) is 5. The van der Waals surface area contributed by atoms with Gasteiger partial charge in [-0.1, -0.05) is 24.3 Å². The number of hydrogen-bond donors (Lipinski definition) is 2. The summed E-state index contributed by atoms with van der Waals surface area (Å²) in [5, 5.41) is 16.5. The molecule has 2 aromatic heterocycles. The number of phenols is 1. The van der Waals surface area contributed by atoms with E-state index in [9.17, 15) is 9.90 Å². The van der Waals surface area contributed by atoms with Gasteiger partial charge < -0.3 is 25.0 Å². The third-order valence-corrected chi connectivity index (χ3v) is 7.30. The zero-order chi connectivity index (χ0) is 25.5. The number of halogens is 2. The van der Waals surface area contributed by atoms with Crippen LogP contribution in [0, 0.1) is 0 Å². The minimum absolute atomic E-state index is 0. The summed E-state index contributed by atoms with van der Waals surface area (Å²) in [4.78, 5) is 27.7. The first-order valence-electron chi connectivity index (χ1n) is 12.9. The molecule has 11 heteroatoms. The van der Waals surface area contributed by atoms with E-state index in [1.807, 2.05) is 44.4 Å². The van der Waals surface area contributed by atoms with Crippen molar-refractivity contribution in [1.82, 2.24) is 24.8 Å². The van der Waals surface area contributed by atoms with Gasteiger partial charge in [0, 0.05) is 49.4 Å². The lowest BCUT2D eigenvalue weighted by Crippen LogP contribution is -2.51. The maximum absolute atomic E-state index is 13.9. The number of fused-ring (bicyclic) bond motifs is 4. The molecule has 39 heavy (non-hydrogen) atoms. The lowest BCUT2D eigenvalue weighted by Gasteiger charge is -2.34. The van der Waals surface area contributed by atoms with E-state index < -0.39 is 0 Å². The van der Waals surface area contributed by atoms with E-state index in [-0.39, 0.29) is 42.1 Å². The zero-order valence-corrected chi connectivity index (χ0v) is 23.7. The van der Waals surface area contributed by atoms with Crippen molar-refractivity contribution in [3.05, 3.63) is 59.0 Å². The second-order valence-electron chi connectivity index (χ2n) is 10.3. The summed E-state index contributed by atoms with van der Waals surface area (Å²) in [6.07, 6.45) is 4.88. The smallest absolute Gasteiger partial charge is 0.319 e. The van der Waals surface area contributed by atoms with Crippen molar-refractivity contribution in [3.8, 4) is 17.4 Å². The number of nitrogens with one attached hydrogen (secondary N) is 1. The molecular weight excluding hydrogens is 539 g/mol. The van der Waals surface area contributed by atoms with Gasteiger partial charge in [-0.15, -0.1) is 24.8 Å². The normalized spacial score (nSPS) is 18.3. The number of ether oxygens (including phenoxy) is 1. The van der Waals surface area contributed by atoms with E-state index in [1.54, 1.807) is 22.9 Å². The number of anilines is 1. The van der Waals surface area contributed by atoms with Crippen molar-refractivity contribution in [2.45, 2.75) is 31.3 Å². The van der Waals surface area contributed by atoms with E-state index in [0.29, 0.717) is 35.3 Å². The summed E-state index contributed by atoms with van der Waals surface area (Å²) in [6, 6.07) is 14.0. The summed E-state index contributed by atoms with van der Waals surface area (Å²) in [5.41, 5.74) is 0.651. The molecule has 2 bridgehead atoms. The molecule has 208 valence electrons. The summed E-state index contributed by atoms with van der Waals surface area (Å²) in [6.45, 7) is 3.03. The molecule has 9 nitrogen and oxygen atoms in total. The first-order chi connectivity index (χ1) is 18.0. The summed E-state index contributed by atoms with van der Waals surface area (Å²) in [5.74, 6) is 0.848. The van der Waals surface area contributed by atoms with Crippen LogP contribution in [0.4, 0.5) is 5.82 Å². The number of phenolic OH excluding ortho intramolecular Hbond substituents is 1. The molecule has 6 rings (SSSR count). The molecular formula is C28H34Cl2N6O3. The lowest BCUT2D eigenvalue weighted by atomic mass is 10.1. The molecule has 2 fully saturated rings. The topological polar surface area (TPSA) is 95.8 Å². The SMILES string of the molecule is CN(C)CCCOc1nc(N2C[C@H]3CC[C@@H](C2)N3)c2ccn(-c3cc(O)cc4ccccc34)c(=O)c2n1.Cl.Cl. The molecule has 2 aliphatic rings. The summed E-state index contributed by atoms with van der Waals surface area (Å²) < 4.78 is 7.53. The van der Waals surface area contributed by atoms with Gasteiger partial charge in [-0.3, -0.25) is 9.36 Å². The largest absolute Gasteiger partial charge is 0.508 e. The van der Waals surface area contributed by atoms with E-state index in [1.165, 1.54) is 0 Å². The van der Waals surface area contributed by atoms with Crippen LogP contribution in [0.3, 0.4) is 0 Å². The molecule has 0 amide bonds. The van der Waals surface area contributed by atoms with Gasteiger partial charge in [0.25, 0.3) is 5.56 Å². The second-order valence-corrected chi connectivity index (χ2v) is 10.3. The fraction of sp³-hybridized carbons (Fsp3) is 0.393. The maximum Gasteiger partial charge on any atom is 0.319 e. The molecule has 0 aliphatic carbocycles. The monoisotopic (exact) mass is 572 g/mol. The third-order valence-electron chi connectivity index (χ3n) is 7.30. The molecule has 0 saturated carbocycles. The van der Waals surface area contributed by atoms with Gasteiger partial charge in [0.15, 0.2) is 0 Å². The Morgan fingerprint density at radius 1 is 1.05 bits per heavy atom. The minimum Gasteiger partial charge on any atom is -0.508 e. The molecule has 0 unspecified atom stereocenters. The number of aromatic nitrogens is 3. The van der Waals surface area contributed by atoms with Crippen LogP contribution in [0.2, 0.25) is 0 Å².